The molecule has 1 aliphatic rings. The standard InChI is InChI=1S/C20H20ClN5O2S/c21-18-12-5-6-26(19(12)24-9-23-18)14-8-11(16(27)17(14)28)3-1-10-2-4-15-13(7-10)25-20(22)29-15/h2,4-7,9,11,14,16-17,27-28H,1,3,8H2,(H2,22,25)/t11-,14+,16+,17-/m0/s1. The number of thiazole rings is 1. The average Bonchev–Trinajstić information content (AvgIpc) is 3.37. The van der Waals surface area contributed by atoms with Gasteiger partial charge in [-0.15, -0.1) is 0 Å². The number of aliphatic hydroxyl groups excluding tert-OH is 2. The van der Waals surface area contributed by atoms with E-state index in [1.165, 1.54) is 17.7 Å². The van der Waals surface area contributed by atoms with E-state index in [4.69, 9.17) is 17.3 Å². The summed E-state index contributed by atoms with van der Waals surface area (Å²) >= 11 is 7.62. The summed E-state index contributed by atoms with van der Waals surface area (Å²) in [6, 6.07) is 7.76. The third kappa shape index (κ3) is 3.26. The Kier molecular flexibility index (Phi) is 4.66. The molecule has 5 rings (SSSR count). The molecule has 4 atom stereocenters. The first-order valence-electron chi connectivity index (χ1n) is 9.49. The van der Waals surface area contributed by atoms with Crippen molar-refractivity contribution in [1.82, 2.24) is 19.5 Å². The van der Waals surface area contributed by atoms with Gasteiger partial charge in [-0.3, -0.25) is 0 Å². The smallest absolute Gasteiger partial charge is 0.181 e. The number of nitrogens with two attached hydrogens (primary N) is 1. The summed E-state index contributed by atoms with van der Waals surface area (Å²) in [5, 5.41) is 23.1. The Morgan fingerprint density at radius 3 is 2.93 bits per heavy atom. The van der Waals surface area contributed by atoms with Crippen molar-refractivity contribution >= 4 is 49.3 Å². The molecular weight excluding hydrogens is 410 g/mol. The molecule has 4 aromatic rings. The van der Waals surface area contributed by atoms with Crippen molar-refractivity contribution in [2.75, 3.05) is 5.73 Å². The van der Waals surface area contributed by atoms with E-state index in [1.807, 2.05) is 22.9 Å². The first-order chi connectivity index (χ1) is 14.0. The third-order valence-electron chi connectivity index (χ3n) is 5.86. The van der Waals surface area contributed by atoms with E-state index in [0.717, 1.165) is 34.0 Å². The second-order valence-electron chi connectivity index (χ2n) is 7.56. The first-order valence-corrected chi connectivity index (χ1v) is 10.7. The number of benzene rings is 1. The molecule has 3 aromatic heterocycles. The van der Waals surface area contributed by atoms with Crippen LogP contribution in [-0.2, 0) is 6.42 Å². The molecule has 0 bridgehead atoms. The van der Waals surface area contributed by atoms with Crippen LogP contribution in [0.3, 0.4) is 0 Å². The second-order valence-corrected chi connectivity index (χ2v) is 8.98. The van der Waals surface area contributed by atoms with Gasteiger partial charge in [0.15, 0.2) is 5.13 Å². The lowest BCUT2D eigenvalue weighted by Gasteiger charge is -2.19. The molecule has 0 unspecified atom stereocenters. The Hall–Kier alpha value is -2.26. The fourth-order valence-corrected chi connectivity index (χ4v) is 5.27. The highest BCUT2D eigenvalue weighted by molar-refractivity contribution is 7.22. The Morgan fingerprint density at radius 2 is 2.07 bits per heavy atom. The molecule has 1 fully saturated rings. The van der Waals surface area contributed by atoms with Gasteiger partial charge in [0, 0.05) is 6.20 Å². The van der Waals surface area contributed by atoms with Crippen LogP contribution in [0.25, 0.3) is 21.3 Å². The zero-order chi connectivity index (χ0) is 20.1. The van der Waals surface area contributed by atoms with Gasteiger partial charge >= 0.3 is 0 Å². The fourth-order valence-electron chi connectivity index (χ4n) is 4.37. The Bertz CT molecular complexity index is 1190. The van der Waals surface area contributed by atoms with Crippen molar-refractivity contribution < 1.29 is 10.2 Å². The Morgan fingerprint density at radius 1 is 1.21 bits per heavy atom. The molecule has 9 heteroatoms. The van der Waals surface area contributed by atoms with Crippen LogP contribution in [0.5, 0.6) is 0 Å². The van der Waals surface area contributed by atoms with E-state index in [1.54, 1.807) is 0 Å². The van der Waals surface area contributed by atoms with E-state index in [9.17, 15) is 10.2 Å². The van der Waals surface area contributed by atoms with E-state index < -0.39 is 12.2 Å². The minimum absolute atomic E-state index is 0.0130. The summed E-state index contributed by atoms with van der Waals surface area (Å²) < 4.78 is 2.98. The summed E-state index contributed by atoms with van der Waals surface area (Å²) in [5.74, 6) is -0.0130. The molecule has 0 amide bonds. The monoisotopic (exact) mass is 429 g/mol. The number of hydrogen-bond acceptors (Lipinski definition) is 7. The minimum Gasteiger partial charge on any atom is -0.390 e. The maximum atomic E-state index is 10.7. The van der Waals surface area contributed by atoms with Crippen molar-refractivity contribution in [2.45, 2.75) is 37.5 Å². The molecular formula is C20H20ClN5O2S. The minimum atomic E-state index is -0.856. The zero-order valence-electron chi connectivity index (χ0n) is 15.4. The van der Waals surface area contributed by atoms with Crippen molar-refractivity contribution in [3.8, 4) is 0 Å². The number of aromatic nitrogens is 4. The summed E-state index contributed by atoms with van der Waals surface area (Å²) in [5.41, 5.74) is 8.52. The number of rotatable bonds is 4. The highest BCUT2D eigenvalue weighted by Gasteiger charge is 2.42. The van der Waals surface area contributed by atoms with Crippen molar-refractivity contribution in [3.05, 3.63) is 47.5 Å². The molecule has 150 valence electrons. The van der Waals surface area contributed by atoms with Crippen molar-refractivity contribution in [3.63, 3.8) is 0 Å². The molecule has 0 saturated heterocycles. The first kappa shape index (κ1) is 18.7. The van der Waals surface area contributed by atoms with E-state index >= 15 is 0 Å². The van der Waals surface area contributed by atoms with Crippen LogP contribution in [0.4, 0.5) is 5.13 Å². The molecule has 1 aliphatic carbocycles. The van der Waals surface area contributed by atoms with Gasteiger partial charge in [-0.2, -0.15) is 0 Å². The molecule has 29 heavy (non-hydrogen) atoms. The van der Waals surface area contributed by atoms with Gasteiger partial charge in [-0.1, -0.05) is 29.0 Å². The lowest BCUT2D eigenvalue weighted by molar-refractivity contribution is 0.00545. The molecule has 3 heterocycles. The molecule has 1 saturated carbocycles. The van der Waals surface area contributed by atoms with E-state index in [-0.39, 0.29) is 12.0 Å². The van der Waals surface area contributed by atoms with Gasteiger partial charge in [0.05, 0.1) is 27.7 Å². The van der Waals surface area contributed by atoms with Gasteiger partial charge in [0.1, 0.15) is 23.2 Å². The summed E-state index contributed by atoms with van der Waals surface area (Å²) in [6.07, 6.45) is 3.87. The fraction of sp³-hybridized carbons (Fsp3) is 0.350. The quantitative estimate of drug-likeness (QED) is 0.430. The SMILES string of the molecule is Nc1nc2cc(CC[C@H]3C[C@@H](n4ccc5c(Cl)ncnc54)[C@H](O)[C@@H]3O)ccc2s1. The zero-order valence-corrected chi connectivity index (χ0v) is 17.0. The normalized spacial score (nSPS) is 24.7. The van der Waals surface area contributed by atoms with E-state index in [0.29, 0.717) is 22.4 Å². The number of fused-ring (bicyclic) bond motifs is 2. The Labute approximate surface area is 175 Å². The summed E-state index contributed by atoms with van der Waals surface area (Å²) in [6.45, 7) is 0. The predicted molar refractivity (Wildman–Crippen MR) is 114 cm³/mol. The second kappa shape index (κ2) is 7.21. The van der Waals surface area contributed by atoms with Crippen LogP contribution in [0.15, 0.2) is 36.8 Å². The molecule has 7 nitrogen and oxygen atoms in total. The summed E-state index contributed by atoms with van der Waals surface area (Å²) in [7, 11) is 0. The van der Waals surface area contributed by atoms with E-state index in [2.05, 4.69) is 27.1 Å². The molecule has 1 aromatic carbocycles. The maximum Gasteiger partial charge on any atom is 0.181 e. The largest absolute Gasteiger partial charge is 0.390 e. The number of aryl methyl sites for hydroxylation is 1. The van der Waals surface area contributed by atoms with Gasteiger partial charge in [0.2, 0.25) is 0 Å². The number of halogens is 1. The average molecular weight is 430 g/mol. The maximum absolute atomic E-state index is 10.7. The third-order valence-corrected chi connectivity index (χ3v) is 7.03. The lowest BCUT2D eigenvalue weighted by atomic mass is 9.96. The van der Waals surface area contributed by atoms with Crippen molar-refractivity contribution in [1.29, 1.82) is 0 Å². The van der Waals surface area contributed by atoms with Crippen LogP contribution < -0.4 is 5.73 Å². The lowest BCUT2D eigenvalue weighted by Crippen LogP contribution is -2.29. The predicted octanol–water partition coefficient (Wildman–Crippen LogP) is 3.19. The summed E-state index contributed by atoms with van der Waals surface area (Å²) in [4.78, 5) is 12.7. The highest BCUT2D eigenvalue weighted by atomic mass is 35.5. The van der Waals surface area contributed by atoms with Crippen LogP contribution in [-0.4, -0.2) is 41.9 Å². The van der Waals surface area contributed by atoms with Crippen LogP contribution >= 0.6 is 22.9 Å². The van der Waals surface area contributed by atoms with Gasteiger partial charge in [-0.05, 0) is 48.9 Å². The molecule has 0 spiro atoms. The number of nitrogen functional groups attached to an aromatic ring is 1. The van der Waals surface area contributed by atoms with Crippen molar-refractivity contribution in [2.24, 2.45) is 5.92 Å². The van der Waals surface area contributed by atoms with Gasteiger partial charge in [0.25, 0.3) is 0 Å². The number of hydrogen-bond donors (Lipinski definition) is 3. The number of aliphatic hydroxyl groups is 2. The highest BCUT2D eigenvalue weighted by Crippen LogP contribution is 2.40. The van der Waals surface area contributed by atoms with Crippen LogP contribution in [0.2, 0.25) is 5.15 Å². The molecule has 0 aliphatic heterocycles. The molecule has 4 N–H and O–H groups in total. The van der Waals surface area contributed by atoms with Crippen LogP contribution in [0.1, 0.15) is 24.4 Å². The Balaban J connectivity index is 1.34. The van der Waals surface area contributed by atoms with Gasteiger partial charge < -0.3 is 20.5 Å². The number of nitrogens with zero attached hydrogens (tertiary/aromatic N) is 4. The van der Waals surface area contributed by atoms with Crippen LogP contribution in [0, 0.1) is 5.92 Å². The van der Waals surface area contributed by atoms with Gasteiger partial charge in [-0.25, -0.2) is 15.0 Å². The molecule has 0 radical (unpaired) electrons. The topological polar surface area (TPSA) is 110 Å². The number of anilines is 1.